The molecule has 0 saturated carbocycles. The maximum absolute atomic E-state index is 10.7. The molecule has 6 nitrogen and oxygen atoms in total. The lowest BCUT2D eigenvalue weighted by molar-refractivity contribution is -0.384. The Morgan fingerprint density at radius 2 is 2.30 bits per heavy atom. The van der Waals surface area contributed by atoms with Crippen LogP contribution in [0, 0.1) is 21.4 Å². The first kappa shape index (κ1) is 14.3. The van der Waals surface area contributed by atoms with E-state index in [4.69, 9.17) is 5.26 Å². The number of anilines is 1. The molecule has 1 aliphatic rings. The van der Waals surface area contributed by atoms with Gasteiger partial charge in [-0.25, -0.2) is 0 Å². The van der Waals surface area contributed by atoms with Crippen molar-refractivity contribution in [2.24, 2.45) is 0 Å². The molecular weight excluding hydrogens is 256 g/mol. The van der Waals surface area contributed by atoms with E-state index in [1.54, 1.807) is 6.07 Å². The Balaban J connectivity index is 2.14. The Labute approximate surface area is 118 Å². The van der Waals surface area contributed by atoms with E-state index in [1.807, 2.05) is 6.07 Å². The largest absolute Gasteiger partial charge is 0.381 e. The fourth-order valence-corrected chi connectivity index (χ4v) is 2.50. The van der Waals surface area contributed by atoms with Gasteiger partial charge < -0.3 is 10.2 Å². The number of nitrogens with one attached hydrogen (secondary N) is 1. The van der Waals surface area contributed by atoms with E-state index in [-0.39, 0.29) is 5.69 Å². The summed E-state index contributed by atoms with van der Waals surface area (Å²) >= 11 is 0. The molecule has 1 aliphatic heterocycles. The van der Waals surface area contributed by atoms with E-state index in [0.717, 1.165) is 19.4 Å². The van der Waals surface area contributed by atoms with Gasteiger partial charge in [-0.05, 0) is 32.9 Å². The van der Waals surface area contributed by atoms with Gasteiger partial charge in [0.15, 0.2) is 0 Å². The van der Waals surface area contributed by atoms with Gasteiger partial charge in [-0.3, -0.25) is 10.1 Å². The van der Waals surface area contributed by atoms with Crippen LogP contribution < -0.4 is 5.32 Å². The van der Waals surface area contributed by atoms with Crippen molar-refractivity contribution in [2.75, 3.05) is 18.9 Å². The van der Waals surface area contributed by atoms with Gasteiger partial charge in [0.25, 0.3) is 5.69 Å². The highest BCUT2D eigenvalue weighted by Crippen LogP contribution is 2.25. The van der Waals surface area contributed by atoms with Crippen LogP contribution in [0.25, 0.3) is 0 Å². The maximum Gasteiger partial charge on any atom is 0.270 e. The van der Waals surface area contributed by atoms with Crippen LogP contribution in [0.3, 0.4) is 0 Å². The zero-order valence-corrected chi connectivity index (χ0v) is 11.7. The average Bonchev–Trinajstić information content (AvgIpc) is 2.43. The highest BCUT2D eigenvalue weighted by Gasteiger charge is 2.23. The van der Waals surface area contributed by atoms with Gasteiger partial charge >= 0.3 is 0 Å². The number of hydrogen-bond acceptors (Lipinski definition) is 5. The highest BCUT2D eigenvalue weighted by atomic mass is 16.6. The molecule has 1 saturated heterocycles. The second-order valence-corrected chi connectivity index (χ2v) is 5.29. The molecule has 0 aromatic heterocycles. The Hall–Kier alpha value is -2.13. The normalized spacial score (nSPS) is 23.1. The smallest absolute Gasteiger partial charge is 0.270 e. The molecule has 0 radical (unpaired) electrons. The van der Waals surface area contributed by atoms with Gasteiger partial charge in [0.05, 0.1) is 16.2 Å². The number of benzene rings is 1. The van der Waals surface area contributed by atoms with Crippen LogP contribution in [-0.2, 0) is 0 Å². The molecule has 1 aromatic carbocycles. The monoisotopic (exact) mass is 274 g/mol. The van der Waals surface area contributed by atoms with Gasteiger partial charge in [-0.1, -0.05) is 0 Å². The van der Waals surface area contributed by atoms with Crippen molar-refractivity contribution in [2.45, 2.75) is 31.8 Å². The summed E-state index contributed by atoms with van der Waals surface area (Å²) in [6.45, 7) is 3.18. The molecule has 0 bridgehead atoms. The zero-order chi connectivity index (χ0) is 14.7. The van der Waals surface area contributed by atoms with Crippen molar-refractivity contribution >= 4 is 11.4 Å². The highest BCUT2D eigenvalue weighted by molar-refractivity contribution is 5.61. The van der Waals surface area contributed by atoms with E-state index < -0.39 is 4.92 Å². The molecule has 6 heteroatoms. The molecule has 2 atom stereocenters. The summed E-state index contributed by atoms with van der Waals surface area (Å²) in [5.74, 6) is 0. The van der Waals surface area contributed by atoms with Gasteiger partial charge in [-0.2, -0.15) is 5.26 Å². The number of nitrogens with zero attached hydrogens (tertiary/aromatic N) is 3. The first-order chi connectivity index (χ1) is 9.51. The number of likely N-dealkylation sites (tertiary alicyclic amines) is 1. The minimum absolute atomic E-state index is 0.0520. The van der Waals surface area contributed by atoms with Crippen molar-refractivity contribution in [3.05, 3.63) is 33.9 Å². The lowest BCUT2D eigenvalue weighted by Crippen LogP contribution is -2.42. The maximum atomic E-state index is 10.7. The standard InChI is InChI=1S/C14H18N4O2/c1-10-7-12(5-6-17(10)2)16-14-4-3-13(18(19)20)8-11(14)9-15/h3-4,8,10,12,16H,5-7H2,1-2H3. The summed E-state index contributed by atoms with van der Waals surface area (Å²) in [6, 6.07) is 7.19. The van der Waals surface area contributed by atoms with Gasteiger partial charge in [-0.15, -0.1) is 0 Å². The van der Waals surface area contributed by atoms with Crippen LogP contribution in [0.5, 0.6) is 0 Å². The molecule has 1 aromatic rings. The van der Waals surface area contributed by atoms with E-state index in [0.29, 0.717) is 23.3 Å². The fraction of sp³-hybridized carbons (Fsp3) is 0.500. The van der Waals surface area contributed by atoms with Crippen LogP contribution in [0.4, 0.5) is 11.4 Å². The summed E-state index contributed by atoms with van der Waals surface area (Å²) in [4.78, 5) is 12.5. The summed E-state index contributed by atoms with van der Waals surface area (Å²) in [7, 11) is 2.10. The first-order valence-corrected chi connectivity index (χ1v) is 6.66. The third kappa shape index (κ3) is 3.06. The van der Waals surface area contributed by atoms with Gasteiger partial charge in [0.1, 0.15) is 6.07 Å². The molecular formula is C14H18N4O2. The Kier molecular flexibility index (Phi) is 4.20. The predicted octanol–water partition coefficient (Wildman–Crippen LogP) is 2.36. The second-order valence-electron chi connectivity index (χ2n) is 5.29. The molecule has 1 fully saturated rings. The number of nitro benzene ring substituents is 1. The molecule has 1 heterocycles. The number of non-ortho nitro benzene ring substituents is 1. The number of hydrogen-bond donors (Lipinski definition) is 1. The lowest BCUT2D eigenvalue weighted by atomic mass is 9.98. The number of rotatable bonds is 3. The average molecular weight is 274 g/mol. The second kappa shape index (κ2) is 5.88. The summed E-state index contributed by atoms with van der Waals surface area (Å²) in [5.41, 5.74) is 0.953. The van der Waals surface area contributed by atoms with Crippen molar-refractivity contribution in [3.8, 4) is 6.07 Å². The first-order valence-electron chi connectivity index (χ1n) is 6.66. The van der Waals surface area contributed by atoms with Crippen LogP contribution in [0.1, 0.15) is 25.3 Å². The van der Waals surface area contributed by atoms with Gasteiger partial charge in [0, 0.05) is 30.8 Å². The summed E-state index contributed by atoms with van der Waals surface area (Å²) < 4.78 is 0. The fourth-order valence-electron chi connectivity index (χ4n) is 2.50. The van der Waals surface area contributed by atoms with Gasteiger partial charge in [0.2, 0.25) is 0 Å². The van der Waals surface area contributed by atoms with Crippen LogP contribution in [0.15, 0.2) is 18.2 Å². The molecule has 2 unspecified atom stereocenters. The zero-order valence-electron chi connectivity index (χ0n) is 11.7. The van der Waals surface area contributed by atoms with E-state index >= 15 is 0 Å². The van der Waals surface area contributed by atoms with Crippen LogP contribution >= 0.6 is 0 Å². The van der Waals surface area contributed by atoms with E-state index in [1.165, 1.54) is 12.1 Å². The van der Waals surface area contributed by atoms with Crippen molar-refractivity contribution in [3.63, 3.8) is 0 Å². The Morgan fingerprint density at radius 3 is 2.90 bits per heavy atom. The molecule has 0 aliphatic carbocycles. The third-order valence-corrected chi connectivity index (χ3v) is 3.90. The minimum atomic E-state index is -0.484. The van der Waals surface area contributed by atoms with Crippen molar-refractivity contribution in [1.82, 2.24) is 4.90 Å². The summed E-state index contributed by atoms with van der Waals surface area (Å²) in [5, 5.41) is 23.2. The molecule has 106 valence electrons. The predicted molar refractivity (Wildman–Crippen MR) is 76.5 cm³/mol. The number of piperidine rings is 1. The number of nitro groups is 1. The third-order valence-electron chi connectivity index (χ3n) is 3.90. The molecule has 1 N–H and O–H groups in total. The van der Waals surface area contributed by atoms with Crippen molar-refractivity contribution in [1.29, 1.82) is 5.26 Å². The lowest BCUT2D eigenvalue weighted by Gasteiger charge is -2.35. The molecule has 0 spiro atoms. The van der Waals surface area contributed by atoms with E-state index in [2.05, 4.69) is 24.2 Å². The van der Waals surface area contributed by atoms with E-state index in [9.17, 15) is 10.1 Å². The van der Waals surface area contributed by atoms with Crippen LogP contribution in [0.2, 0.25) is 0 Å². The molecule has 20 heavy (non-hydrogen) atoms. The summed E-state index contributed by atoms with van der Waals surface area (Å²) in [6.07, 6.45) is 2.00. The number of nitriles is 1. The minimum Gasteiger partial charge on any atom is -0.381 e. The van der Waals surface area contributed by atoms with Crippen molar-refractivity contribution < 1.29 is 4.92 Å². The topological polar surface area (TPSA) is 82.2 Å². The quantitative estimate of drug-likeness (QED) is 0.676. The van der Waals surface area contributed by atoms with Crippen LogP contribution in [-0.4, -0.2) is 35.5 Å². The molecule has 2 rings (SSSR count). The molecule has 0 amide bonds. The Morgan fingerprint density at radius 1 is 1.55 bits per heavy atom. The Bertz CT molecular complexity index is 553. The SMILES string of the molecule is CC1CC(Nc2ccc([N+](=O)[O-])cc2C#N)CCN1C.